The molecule has 0 spiro atoms. The molecule has 0 bridgehead atoms. The minimum Gasteiger partial charge on any atom is -0.481 e. The summed E-state index contributed by atoms with van der Waals surface area (Å²) >= 11 is 5.87. The lowest BCUT2D eigenvalue weighted by atomic mass is 10.00. The molecule has 0 heterocycles. The van der Waals surface area contributed by atoms with Crippen LogP contribution in [0.1, 0.15) is 43.0 Å². The topological polar surface area (TPSA) is 38.3 Å². The van der Waals surface area contributed by atoms with Crippen molar-refractivity contribution in [1.82, 2.24) is 5.32 Å². The molecule has 1 N–H and O–H groups in total. The summed E-state index contributed by atoms with van der Waals surface area (Å²) in [5.41, 5.74) is 3.51. The van der Waals surface area contributed by atoms with E-state index in [2.05, 4.69) is 37.4 Å². The molecule has 0 saturated carbocycles. The van der Waals surface area contributed by atoms with Gasteiger partial charge in [-0.3, -0.25) is 4.79 Å². The first-order chi connectivity index (χ1) is 11.4. The number of halogens is 1. The highest BCUT2D eigenvalue weighted by atomic mass is 35.5. The van der Waals surface area contributed by atoms with Gasteiger partial charge in [-0.05, 0) is 62.6 Å². The molecular formula is C20H24ClNO2. The monoisotopic (exact) mass is 345 g/mol. The molecule has 0 radical (unpaired) electrons. The number of amides is 1. The minimum atomic E-state index is -0.528. The van der Waals surface area contributed by atoms with Gasteiger partial charge in [-0.1, -0.05) is 42.3 Å². The molecule has 0 aromatic heterocycles. The molecule has 1 amide bonds. The van der Waals surface area contributed by atoms with Crippen molar-refractivity contribution in [3.63, 3.8) is 0 Å². The Morgan fingerprint density at radius 2 is 1.83 bits per heavy atom. The third-order valence-electron chi connectivity index (χ3n) is 4.01. The van der Waals surface area contributed by atoms with Gasteiger partial charge in [-0.2, -0.15) is 0 Å². The predicted octanol–water partition coefficient (Wildman–Crippen LogP) is 4.99. The zero-order valence-electron chi connectivity index (χ0n) is 14.6. The first-order valence-corrected chi connectivity index (χ1v) is 8.58. The van der Waals surface area contributed by atoms with E-state index < -0.39 is 6.10 Å². The van der Waals surface area contributed by atoms with Gasteiger partial charge in [0.2, 0.25) is 0 Å². The SMILES string of the molecule is CC[C@H](Oc1ccc(Cl)cc1)C(=O)N[C@@H](C)c1ccc(C)cc1C. The number of hydrogen-bond donors (Lipinski definition) is 1. The van der Waals surface area contributed by atoms with Crippen LogP contribution in [0.5, 0.6) is 5.75 Å². The summed E-state index contributed by atoms with van der Waals surface area (Å²) in [6.45, 7) is 8.05. The van der Waals surface area contributed by atoms with Gasteiger partial charge in [-0.25, -0.2) is 0 Å². The summed E-state index contributed by atoms with van der Waals surface area (Å²) < 4.78 is 5.80. The number of aryl methyl sites for hydroxylation is 2. The Kier molecular flexibility index (Phi) is 6.27. The van der Waals surface area contributed by atoms with E-state index in [1.54, 1.807) is 24.3 Å². The van der Waals surface area contributed by atoms with E-state index in [1.807, 2.05) is 13.8 Å². The van der Waals surface area contributed by atoms with Crippen molar-refractivity contribution in [1.29, 1.82) is 0 Å². The van der Waals surface area contributed by atoms with E-state index >= 15 is 0 Å². The van der Waals surface area contributed by atoms with Gasteiger partial charge in [0, 0.05) is 5.02 Å². The fourth-order valence-corrected chi connectivity index (χ4v) is 2.82. The normalized spacial score (nSPS) is 13.2. The van der Waals surface area contributed by atoms with Gasteiger partial charge in [0.25, 0.3) is 5.91 Å². The van der Waals surface area contributed by atoms with Gasteiger partial charge in [0.15, 0.2) is 6.10 Å². The minimum absolute atomic E-state index is 0.0685. The Bertz CT molecular complexity index is 697. The van der Waals surface area contributed by atoms with Gasteiger partial charge < -0.3 is 10.1 Å². The van der Waals surface area contributed by atoms with Crippen LogP contribution in [-0.4, -0.2) is 12.0 Å². The molecular weight excluding hydrogens is 322 g/mol. The first kappa shape index (κ1) is 18.3. The fraction of sp³-hybridized carbons (Fsp3) is 0.350. The molecule has 2 rings (SSSR count). The molecule has 0 aliphatic carbocycles. The Morgan fingerprint density at radius 3 is 2.42 bits per heavy atom. The van der Waals surface area contributed by atoms with Crippen molar-refractivity contribution in [3.05, 3.63) is 64.2 Å². The average Bonchev–Trinajstić information content (AvgIpc) is 2.54. The van der Waals surface area contributed by atoms with E-state index in [0.717, 1.165) is 5.56 Å². The molecule has 0 fully saturated rings. The molecule has 0 aliphatic rings. The van der Waals surface area contributed by atoms with Crippen LogP contribution >= 0.6 is 11.6 Å². The summed E-state index contributed by atoms with van der Waals surface area (Å²) in [6.07, 6.45) is 0.0630. The molecule has 2 atom stereocenters. The van der Waals surface area contributed by atoms with Crippen LogP contribution in [0, 0.1) is 13.8 Å². The molecule has 2 aromatic carbocycles. The molecule has 24 heavy (non-hydrogen) atoms. The number of hydrogen-bond acceptors (Lipinski definition) is 2. The van der Waals surface area contributed by atoms with Gasteiger partial charge in [0.1, 0.15) is 5.75 Å². The van der Waals surface area contributed by atoms with Crippen LogP contribution in [0.2, 0.25) is 5.02 Å². The second-order valence-electron chi connectivity index (χ2n) is 6.06. The quantitative estimate of drug-likeness (QED) is 0.800. The Morgan fingerprint density at radius 1 is 1.17 bits per heavy atom. The van der Waals surface area contributed by atoms with E-state index in [0.29, 0.717) is 17.2 Å². The molecule has 128 valence electrons. The zero-order chi connectivity index (χ0) is 17.7. The van der Waals surface area contributed by atoms with E-state index in [-0.39, 0.29) is 11.9 Å². The zero-order valence-corrected chi connectivity index (χ0v) is 15.4. The molecule has 4 heteroatoms. The first-order valence-electron chi connectivity index (χ1n) is 8.20. The second-order valence-corrected chi connectivity index (χ2v) is 6.50. The van der Waals surface area contributed by atoms with E-state index in [1.165, 1.54) is 11.1 Å². The molecule has 0 saturated heterocycles. The van der Waals surface area contributed by atoms with E-state index in [4.69, 9.17) is 16.3 Å². The maximum Gasteiger partial charge on any atom is 0.261 e. The summed E-state index contributed by atoms with van der Waals surface area (Å²) in [4.78, 5) is 12.5. The third-order valence-corrected chi connectivity index (χ3v) is 4.26. The molecule has 0 aliphatic heterocycles. The van der Waals surface area contributed by atoms with Crippen LogP contribution in [0.25, 0.3) is 0 Å². The van der Waals surface area contributed by atoms with Crippen molar-refractivity contribution in [3.8, 4) is 5.75 Å². The Hall–Kier alpha value is -2.00. The molecule has 2 aromatic rings. The number of ether oxygens (including phenoxy) is 1. The number of rotatable bonds is 6. The fourth-order valence-electron chi connectivity index (χ4n) is 2.70. The van der Waals surface area contributed by atoms with Crippen molar-refractivity contribution >= 4 is 17.5 Å². The largest absolute Gasteiger partial charge is 0.481 e. The highest BCUT2D eigenvalue weighted by molar-refractivity contribution is 6.30. The van der Waals surface area contributed by atoms with Crippen molar-refractivity contribution in [2.24, 2.45) is 0 Å². The van der Waals surface area contributed by atoms with Crippen LogP contribution in [0.4, 0.5) is 0 Å². The highest BCUT2D eigenvalue weighted by Crippen LogP contribution is 2.20. The van der Waals surface area contributed by atoms with Crippen LogP contribution in [0.15, 0.2) is 42.5 Å². The Balaban J connectivity index is 2.04. The van der Waals surface area contributed by atoms with Crippen LogP contribution in [-0.2, 0) is 4.79 Å². The van der Waals surface area contributed by atoms with Crippen LogP contribution < -0.4 is 10.1 Å². The maximum atomic E-state index is 12.5. The maximum absolute atomic E-state index is 12.5. The van der Waals surface area contributed by atoms with Crippen molar-refractivity contribution in [2.75, 3.05) is 0 Å². The lowest BCUT2D eigenvalue weighted by molar-refractivity contribution is -0.128. The smallest absolute Gasteiger partial charge is 0.261 e. The molecule has 3 nitrogen and oxygen atoms in total. The highest BCUT2D eigenvalue weighted by Gasteiger charge is 2.21. The summed E-state index contributed by atoms with van der Waals surface area (Å²) in [5, 5.41) is 3.69. The van der Waals surface area contributed by atoms with Gasteiger partial charge >= 0.3 is 0 Å². The number of carbonyl (C=O) groups is 1. The van der Waals surface area contributed by atoms with Crippen molar-refractivity contribution < 1.29 is 9.53 Å². The summed E-state index contributed by atoms with van der Waals surface area (Å²) in [7, 11) is 0. The standard InChI is InChI=1S/C20H24ClNO2/c1-5-19(24-17-9-7-16(21)8-10-17)20(23)22-15(4)18-11-6-13(2)12-14(18)3/h6-12,15,19H,5H2,1-4H3,(H,22,23)/t15-,19-/m0/s1. The summed E-state index contributed by atoms with van der Waals surface area (Å²) in [6, 6.07) is 13.2. The average molecular weight is 346 g/mol. The molecule has 0 unspecified atom stereocenters. The number of nitrogens with one attached hydrogen (secondary N) is 1. The lowest BCUT2D eigenvalue weighted by Crippen LogP contribution is -2.39. The third kappa shape index (κ3) is 4.75. The van der Waals surface area contributed by atoms with Gasteiger partial charge in [-0.15, -0.1) is 0 Å². The summed E-state index contributed by atoms with van der Waals surface area (Å²) in [5.74, 6) is 0.528. The van der Waals surface area contributed by atoms with Crippen LogP contribution in [0.3, 0.4) is 0 Å². The lowest BCUT2D eigenvalue weighted by Gasteiger charge is -2.22. The van der Waals surface area contributed by atoms with Gasteiger partial charge in [0.05, 0.1) is 6.04 Å². The van der Waals surface area contributed by atoms with Crippen molar-refractivity contribution in [2.45, 2.75) is 46.3 Å². The Labute approximate surface area is 149 Å². The number of benzene rings is 2. The van der Waals surface area contributed by atoms with E-state index in [9.17, 15) is 4.79 Å². The predicted molar refractivity (Wildman–Crippen MR) is 98.6 cm³/mol. The number of carbonyl (C=O) groups excluding carboxylic acids is 1. The second kappa shape index (κ2) is 8.20.